The molecule has 0 saturated carbocycles. The molecule has 1 aliphatic heterocycles. The predicted octanol–water partition coefficient (Wildman–Crippen LogP) is 0.574. The van der Waals surface area contributed by atoms with Gasteiger partial charge in [-0.05, 0) is 26.1 Å². The maximum absolute atomic E-state index is 12.0. The second-order valence-electron chi connectivity index (χ2n) is 4.93. The van der Waals surface area contributed by atoms with Crippen LogP contribution >= 0.6 is 0 Å². The number of likely N-dealkylation sites (N-methyl/N-ethyl adjacent to an activating group) is 1. The van der Waals surface area contributed by atoms with Gasteiger partial charge in [-0.25, -0.2) is 4.98 Å². The van der Waals surface area contributed by atoms with Crippen molar-refractivity contribution in [2.75, 3.05) is 45.2 Å². The fourth-order valence-electron chi connectivity index (χ4n) is 2.12. The minimum atomic E-state index is -0.162. The average Bonchev–Trinajstić information content (AvgIpc) is 2.46. The van der Waals surface area contributed by atoms with Crippen LogP contribution < -0.4 is 10.6 Å². The second-order valence-corrected chi connectivity index (χ2v) is 4.93. The SMILES string of the molecule is CCNc1ccc(C(=O)NCC2CN(C)CCO2)nc1. The predicted molar refractivity (Wildman–Crippen MR) is 78.0 cm³/mol. The first-order chi connectivity index (χ1) is 9.69. The van der Waals surface area contributed by atoms with E-state index in [0.29, 0.717) is 18.8 Å². The van der Waals surface area contributed by atoms with Crippen LogP contribution in [0.25, 0.3) is 0 Å². The highest BCUT2D eigenvalue weighted by molar-refractivity contribution is 5.92. The smallest absolute Gasteiger partial charge is 0.269 e. The van der Waals surface area contributed by atoms with Crippen LogP contribution in [0.1, 0.15) is 17.4 Å². The third kappa shape index (κ3) is 4.18. The standard InChI is InChI=1S/C14H22N4O2/c1-3-15-11-4-5-13(16-8-11)14(19)17-9-12-10-18(2)6-7-20-12/h4-5,8,12,15H,3,6-7,9-10H2,1-2H3,(H,17,19). The highest BCUT2D eigenvalue weighted by Crippen LogP contribution is 2.06. The molecule has 6 heteroatoms. The van der Waals surface area contributed by atoms with Crippen LogP contribution in [-0.2, 0) is 4.74 Å². The molecule has 1 saturated heterocycles. The number of hydrogen-bond acceptors (Lipinski definition) is 5. The molecule has 1 atom stereocenters. The Morgan fingerprint density at radius 2 is 2.40 bits per heavy atom. The van der Waals surface area contributed by atoms with Crippen LogP contribution in [0.2, 0.25) is 0 Å². The number of carbonyl (C=O) groups excluding carboxylic acids is 1. The van der Waals surface area contributed by atoms with E-state index in [4.69, 9.17) is 4.74 Å². The molecule has 0 spiro atoms. The van der Waals surface area contributed by atoms with Gasteiger partial charge in [0.1, 0.15) is 5.69 Å². The lowest BCUT2D eigenvalue weighted by molar-refractivity contribution is -0.0175. The Kier molecular flexibility index (Phi) is 5.31. The molecule has 1 aromatic rings. The highest BCUT2D eigenvalue weighted by Gasteiger charge is 2.18. The van der Waals surface area contributed by atoms with E-state index in [1.807, 2.05) is 13.0 Å². The molecule has 2 heterocycles. The molecule has 20 heavy (non-hydrogen) atoms. The molecule has 0 radical (unpaired) electrons. The fraction of sp³-hybridized carbons (Fsp3) is 0.571. The number of ether oxygens (including phenoxy) is 1. The number of anilines is 1. The largest absolute Gasteiger partial charge is 0.384 e. The molecule has 2 rings (SSSR count). The number of pyridine rings is 1. The Morgan fingerprint density at radius 3 is 3.05 bits per heavy atom. The molecular formula is C14H22N4O2. The van der Waals surface area contributed by atoms with Gasteiger partial charge in [-0.1, -0.05) is 0 Å². The van der Waals surface area contributed by atoms with Crippen LogP contribution in [0.15, 0.2) is 18.3 Å². The summed E-state index contributed by atoms with van der Waals surface area (Å²) in [6.07, 6.45) is 1.72. The van der Waals surface area contributed by atoms with E-state index in [-0.39, 0.29) is 12.0 Å². The molecule has 0 bridgehead atoms. The Labute approximate surface area is 119 Å². The molecule has 0 aromatic carbocycles. The number of amides is 1. The number of nitrogens with one attached hydrogen (secondary N) is 2. The van der Waals surface area contributed by atoms with Gasteiger partial charge in [0, 0.05) is 26.2 Å². The van der Waals surface area contributed by atoms with Gasteiger partial charge < -0.3 is 20.3 Å². The van der Waals surface area contributed by atoms with Gasteiger partial charge in [0.25, 0.3) is 5.91 Å². The Bertz CT molecular complexity index is 435. The summed E-state index contributed by atoms with van der Waals surface area (Å²) in [7, 11) is 2.05. The molecule has 0 aliphatic carbocycles. The molecule has 1 amide bonds. The molecule has 2 N–H and O–H groups in total. The summed E-state index contributed by atoms with van der Waals surface area (Å²) in [6, 6.07) is 3.58. The number of rotatable bonds is 5. The van der Waals surface area contributed by atoms with Gasteiger partial charge in [0.2, 0.25) is 0 Å². The van der Waals surface area contributed by atoms with Crippen molar-refractivity contribution in [2.45, 2.75) is 13.0 Å². The Hall–Kier alpha value is -1.66. The highest BCUT2D eigenvalue weighted by atomic mass is 16.5. The minimum absolute atomic E-state index is 0.0544. The van der Waals surface area contributed by atoms with Crippen molar-refractivity contribution in [3.8, 4) is 0 Å². The molecule has 1 fully saturated rings. The quantitative estimate of drug-likeness (QED) is 0.824. The maximum Gasteiger partial charge on any atom is 0.269 e. The number of aromatic nitrogens is 1. The van der Waals surface area contributed by atoms with E-state index >= 15 is 0 Å². The molecular weight excluding hydrogens is 256 g/mol. The third-order valence-electron chi connectivity index (χ3n) is 3.21. The van der Waals surface area contributed by atoms with E-state index in [9.17, 15) is 4.79 Å². The number of hydrogen-bond donors (Lipinski definition) is 2. The third-order valence-corrected chi connectivity index (χ3v) is 3.21. The zero-order valence-electron chi connectivity index (χ0n) is 12.1. The van der Waals surface area contributed by atoms with E-state index in [1.165, 1.54) is 0 Å². The molecule has 6 nitrogen and oxygen atoms in total. The number of morpholine rings is 1. The summed E-state index contributed by atoms with van der Waals surface area (Å²) in [4.78, 5) is 18.3. The maximum atomic E-state index is 12.0. The second kappa shape index (κ2) is 7.21. The first kappa shape index (κ1) is 14.7. The lowest BCUT2D eigenvalue weighted by Gasteiger charge is -2.30. The molecule has 1 unspecified atom stereocenters. The van der Waals surface area contributed by atoms with Gasteiger partial charge in [-0.2, -0.15) is 0 Å². The summed E-state index contributed by atoms with van der Waals surface area (Å²) in [5.74, 6) is -0.162. The first-order valence-electron chi connectivity index (χ1n) is 6.97. The van der Waals surface area contributed by atoms with E-state index in [0.717, 1.165) is 25.3 Å². The Morgan fingerprint density at radius 1 is 1.55 bits per heavy atom. The summed E-state index contributed by atoms with van der Waals surface area (Å²) in [6.45, 7) is 5.86. The lowest BCUT2D eigenvalue weighted by Crippen LogP contribution is -2.46. The molecule has 110 valence electrons. The van der Waals surface area contributed by atoms with Gasteiger partial charge in [-0.3, -0.25) is 4.79 Å². The van der Waals surface area contributed by atoms with Crippen molar-refractivity contribution in [3.05, 3.63) is 24.0 Å². The normalized spacial score (nSPS) is 19.6. The monoisotopic (exact) mass is 278 g/mol. The van der Waals surface area contributed by atoms with Crippen molar-refractivity contribution in [3.63, 3.8) is 0 Å². The minimum Gasteiger partial charge on any atom is -0.384 e. The Balaban J connectivity index is 1.82. The van der Waals surface area contributed by atoms with E-state index < -0.39 is 0 Å². The summed E-state index contributed by atoms with van der Waals surface area (Å²) in [5.41, 5.74) is 1.34. The topological polar surface area (TPSA) is 66.5 Å². The van der Waals surface area contributed by atoms with Crippen LogP contribution in [0.5, 0.6) is 0 Å². The summed E-state index contributed by atoms with van der Waals surface area (Å²) >= 11 is 0. The zero-order chi connectivity index (χ0) is 14.4. The van der Waals surface area contributed by atoms with Crippen molar-refractivity contribution in [1.29, 1.82) is 0 Å². The summed E-state index contributed by atoms with van der Waals surface area (Å²) < 4.78 is 5.60. The van der Waals surface area contributed by atoms with E-state index in [2.05, 4.69) is 27.6 Å². The van der Waals surface area contributed by atoms with Crippen molar-refractivity contribution >= 4 is 11.6 Å². The molecule has 1 aliphatic rings. The number of nitrogens with zero attached hydrogens (tertiary/aromatic N) is 2. The van der Waals surface area contributed by atoms with Crippen molar-refractivity contribution in [1.82, 2.24) is 15.2 Å². The van der Waals surface area contributed by atoms with Crippen molar-refractivity contribution < 1.29 is 9.53 Å². The average molecular weight is 278 g/mol. The van der Waals surface area contributed by atoms with Gasteiger partial charge in [0.05, 0.1) is 24.6 Å². The van der Waals surface area contributed by atoms with Crippen LogP contribution in [0.4, 0.5) is 5.69 Å². The summed E-state index contributed by atoms with van der Waals surface area (Å²) in [5, 5.41) is 6.01. The van der Waals surface area contributed by atoms with E-state index in [1.54, 1.807) is 12.3 Å². The van der Waals surface area contributed by atoms with Gasteiger partial charge in [0.15, 0.2) is 0 Å². The lowest BCUT2D eigenvalue weighted by atomic mass is 10.2. The fourth-order valence-corrected chi connectivity index (χ4v) is 2.12. The van der Waals surface area contributed by atoms with Crippen LogP contribution in [-0.4, -0.2) is 61.7 Å². The molecule has 1 aromatic heterocycles. The zero-order valence-corrected chi connectivity index (χ0v) is 12.1. The van der Waals surface area contributed by atoms with Gasteiger partial charge in [-0.15, -0.1) is 0 Å². The van der Waals surface area contributed by atoms with Gasteiger partial charge >= 0.3 is 0 Å². The van der Waals surface area contributed by atoms with Crippen LogP contribution in [0, 0.1) is 0 Å². The van der Waals surface area contributed by atoms with Crippen LogP contribution in [0.3, 0.4) is 0 Å². The number of carbonyl (C=O) groups is 1. The first-order valence-corrected chi connectivity index (χ1v) is 6.97. The van der Waals surface area contributed by atoms with Crippen molar-refractivity contribution in [2.24, 2.45) is 0 Å².